The first-order valence-corrected chi connectivity index (χ1v) is 7.37. The third-order valence-electron chi connectivity index (χ3n) is 3.44. The highest BCUT2D eigenvalue weighted by molar-refractivity contribution is 6.02. The lowest BCUT2D eigenvalue weighted by molar-refractivity contribution is -0.0615. The second-order valence-corrected chi connectivity index (χ2v) is 6.85. The topological polar surface area (TPSA) is 55.8 Å². The molecule has 0 N–H and O–H groups in total. The van der Waals surface area contributed by atoms with E-state index in [1.807, 2.05) is 6.07 Å². The van der Waals surface area contributed by atoms with E-state index in [-0.39, 0.29) is 12.4 Å². The third kappa shape index (κ3) is 3.47. The lowest BCUT2D eigenvalue weighted by Gasteiger charge is -2.34. The maximum absolute atomic E-state index is 12.7. The van der Waals surface area contributed by atoms with Crippen LogP contribution in [0.3, 0.4) is 0 Å². The van der Waals surface area contributed by atoms with Crippen molar-refractivity contribution in [2.75, 3.05) is 6.61 Å². The molecule has 0 aromatic heterocycles. The highest BCUT2D eigenvalue weighted by atomic mass is 16.6. The van der Waals surface area contributed by atoms with Crippen molar-refractivity contribution >= 4 is 11.9 Å². The molecule has 1 aromatic rings. The van der Waals surface area contributed by atoms with Crippen LogP contribution in [0.15, 0.2) is 30.3 Å². The van der Waals surface area contributed by atoms with Gasteiger partial charge in [-0.15, -0.1) is 0 Å². The van der Waals surface area contributed by atoms with Gasteiger partial charge in [-0.05, 0) is 34.6 Å². The fraction of sp³-hybridized carbons (Fsp3) is 0.529. The molecule has 1 fully saturated rings. The van der Waals surface area contributed by atoms with Gasteiger partial charge in [0.1, 0.15) is 17.4 Å². The van der Waals surface area contributed by atoms with Crippen LogP contribution in [0, 0.1) is 0 Å². The third-order valence-corrected chi connectivity index (χ3v) is 3.44. The van der Waals surface area contributed by atoms with Crippen molar-refractivity contribution in [2.24, 2.45) is 0 Å². The van der Waals surface area contributed by atoms with Crippen molar-refractivity contribution in [3.05, 3.63) is 35.9 Å². The van der Waals surface area contributed by atoms with Crippen LogP contribution in [-0.4, -0.2) is 40.8 Å². The van der Waals surface area contributed by atoms with Gasteiger partial charge in [-0.2, -0.15) is 0 Å². The molecule has 0 bridgehead atoms. The summed E-state index contributed by atoms with van der Waals surface area (Å²) in [6.07, 6.45) is -0.538. The van der Waals surface area contributed by atoms with Crippen molar-refractivity contribution < 1.29 is 19.1 Å². The molecule has 1 atom stereocenters. The molecule has 22 heavy (non-hydrogen) atoms. The fourth-order valence-corrected chi connectivity index (χ4v) is 2.45. The van der Waals surface area contributed by atoms with Gasteiger partial charge in [0, 0.05) is 5.56 Å². The van der Waals surface area contributed by atoms with Crippen molar-refractivity contribution in [3.8, 4) is 0 Å². The summed E-state index contributed by atoms with van der Waals surface area (Å²) < 4.78 is 11.1. The van der Waals surface area contributed by atoms with E-state index in [2.05, 4.69) is 0 Å². The van der Waals surface area contributed by atoms with E-state index < -0.39 is 23.5 Å². The Labute approximate surface area is 131 Å². The summed E-state index contributed by atoms with van der Waals surface area (Å²) in [5, 5.41) is 0. The number of carbonyl (C=O) groups excluding carboxylic acids is 2. The van der Waals surface area contributed by atoms with Crippen molar-refractivity contribution in [1.82, 2.24) is 4.90 Å². The molecule has 1 aliphatic rings. The number of nitrogens with zero attached hydrogens (tertiary/aromatic N) is 1. The first kappa shape index (κ1) is 16.5. The molecule has 0 unspecified atom stereocenters. The summed E-state index contributed by atoms with van der Waals surface area (Å²) in [5.41, 5.74) is -0.949. The average molecular weight is 305 g/mol. The fourth-order valence-electron chi connectivity index (χ4n) is 2.45. The molecular formula is C17H23NO4. The van der Waals surface area contributed by atoms with Gasteiger partial charge in [-0.25, -0.2) is 4.79 Å². The zero-order valence-electron chi connectivity index (χ0n) is 13.8. The van der Waals surface area contributed by atoms with Crippen molar-refractivity contribution in [3.63, 3.8) is 0 Å². The van der Waals surface area contributed by atoms with Crippen LogP contribution in [0.5, 0.6) is 0 Å². The van der Waals surface area contributed by atoms with Crippen LogP contribution < -0.4 is 0 Å². The number of carbonyl (C=O) groups is 2. The number of hydrogen-bond donors (Lipinski definition) is 0. The average Bonchev–Trinajstić information content (AvgIpc) is 2.72. The molecular weight excluding hydrogens is 282 g/mol. The normalized spacial score (nSPS) is 20.8. The molecule has 1 saturated heterocycles. The van der Waals surface area contributed by atoms with Crippen molar-refractivity contribution in [2.45, 2.75) is 52.0 Å². The minimum Gasteiger partial charge on any atom is -0.444 e. The zero-order chi connectivity index (χ0) is 16.5. The Morgan fingerprint density at radius 3 is 2.36 bits per heavy atom. The first-order valence-electron chi connectivity index (χ1n) is 7.37. The minimum atomic E-state index is -0.878. The Morgan fingerprint density at radius 2 is 1.82 bits per heavy atom. The Morgan fingerprint density at radius 1 is 1.23 bits per heavy atom. The Hall–Kier alpha value is -1.88. The smallest absolute Gasteiger partial charge is 0.413 e. The molecule has 0 aliphatic carbocycles. The van der Waals surface area contributed by atoms with Gasteiger partial charge >= 0.3 is 6.09 Å². The van der Waals surface area contributed by atoms with Gasteiger partial charge in [0.25, 0.3) is 0 Å². The summed E-state index contributed by atoms with van der Waals surface area (Å²) in [7, 11) is 0. The van der Waals surface area contributed by atoms with Gasteiger partial charge in [-0.1, -0.05) is 30.3 Å². The number of ketones is 1. The number of amides is 1. The highest BCUT2D eigenvalue weighted by Crippen LogP contribution is 2.31. The van der Waals surface area contributed by atoms with Gasteiger partial charge < -0.3 is 9.47 Å². The molecule has 0 saturated carbocycles. The molecule has 0 radical (unpaired) electrons. The largest absolute Gasteiger partial charge is 0.444 e. The minimum absolute atomic E-state index is 0.142. The van der Waals surface area contributed by atoms with Gasteiger partial charge in [-0.3, -0.25) is 9.69 Å². The quantitative estimate of drug-likeness (QED) is 0.787. The summed E-state index contributed by atoms with van der Waals surface area (Å²) in [6.45, 7) is 9.07. The zero-order valence-corrected chi connectivity index (χ0v) is 13.8. The molecule has 1 aliphatic heterocycles. The molecule has 1 aromatic carbocycles. The summed E-state index contributed by atoms with van der Waals surface area (Å²) >= 11 is 0. The number of Topliss-reactive ketones (excluding diaryl/α,β-unsaturated/α-hetero) is 1. The molecule has 1 amide bonds. The standard InChI is InChI=1S/C17H23NO4/c1-16(2,3)22-15(20)18-13(11-21-17(18,4)5)14(19)12-9-7-6-8-10-12/h6-10,13H,11H2,1-5H3/t13-/m0/s1. The number of benzene rings is 1. The van der Waals surface area contributed by atoms with Crippen LogP contribution in [0.1, 0.15) is 45.0 Å². The Bertz CT molecular complexity index is 560. The van der Waals surface area contributed by atoms with Crippen LogP contribution in [0.2, 0.25) is 0 Å². The maximum atomic E-state index is 12.7. The SMILES string of the molecule is CC(C)(C)OC(=O)N1[C@H](C(=O)c2ccccc2)COC1(C)C. The molecule has 1 heterocycles. The lowest BCUT2D eigenvalue weighted by atomic mass is 10.0. The van der Waals surface area contributed by atoms with E-state index in [1.54, 1.807) is 58.9 Å². The second-order valence-electron chi connectivity index (χ2n) is 6.85. The summed E-state index contributed by atoms with van der Waals surface area (Å²) in [4.78, 5) is 26.6. The lowest BCUT2D eigenvalue weighted by Crippen LogP contribution is -2.52. The van der Waals surface area contributed by atoms with Crippen LogP contribution in [-0.2, 0) is 9.47 Å². The van der Waals surface area contributed by atoms with Crippen LogP contribution in [0.4, 0.5) is 4.79 Å². The number of rotatable bonds is 2. The second kappa shape index (κ2) is 5.72. The molecule has 2 rings (SSSR count). The van der Waals surface area contributed by atoms with E-state index in [1.165, 1.54) is 4.90 Å². The molecule has 5 heteroatoms. The highest BCUT2D eigenvalue weighted by Gasteiger charge is 2.48. The summed E-state index contributed by atoms with van der Waals surface area (Å²) in [6, 6.07) is 8.24. The molecule has 120 valence electrons. The van der Waals surface area contributed by atoms with E-state index >= 15 is 0 Å². The molecule has 0 spiro atoms. The predicted octanol–water partition coefficient (Wildman–Crippen LogP) is 3.24. The van der Waals surface area contributed by atoms with E-state index in [0.717, 1.165) is 0 Å². The monoisotopic (exact) mass is 305 g/mol. The Kier molecular flexibility index (Phi) is 4.29. The van der Waals surface area contributed by atoms with E-state index in [0.29, 0.717) is 5.56 Å². The summed E-state index contributed by atoms with van der Waals surface area (Å²) in [5.74, 6) is -0.142. The van der Waals surface area contributed by atoms with E-state index in [4.69, 9.17) is 9.47 Å². The van der Waals surface area contributed by atoms with Crippen LogP contribution >= 0.6 is 0 Å². The van der Waals surface area contributed by atoms with Crippen molar-refractivity contribution in [1.29, 1.82) is 0 Å². The van der Waals surface area contributed by atoms with Gasteiger partial charge in [0.2, 0.25) is 0 Å². The van der Waals surface area contributed by atoms with Gasteiger partial charge in [0.05, 0.1) is 6.61 Å². The van der Waals surface area contributed by atoms with E-state index in [9.17, 15) is 9.59 Å². The predicted molar refractivity (Wildman–Crippen MR) is 82.7 cm³/mol. The van der Waals surface area contributed by atoms with Crippen LogP contribution in [0.25, 0.3) is 0 Å². The molecule has 5 nitrogen and oxygen atoms in total. The Balaban J connectivity index is 2.27. The first-order chi connectivity index (χ1) is 10.1. The maximum Gasteiger partial charge on any atom is 0.413 e. The number of ether oxygens (including phenoxy) is 2. The number of hydrogen-bond acceptors (Lipinski definition) is 4. The van der Waals surface area contributed by atoms with Gasteiger partial charge in [0.15, 0.2) is 5.78 Å².